The van der Waals surface area contributed by atoms with E-state index in [9.17, 15) is 74.8 Å². The maximum absolute atomic E-state index is 13.9. The molecule has 5 aromatic carbocycles. The van der Waals surface area contributed by atoms with Gasteiger partial charge in [0.25, 0.3) is 29.5 Å². The summed E-state index contributed by atoms with van der Waals surface area (Å²) in [5.41, 5.74) is 1.83. The zero-order chi connectivity index (χ0) is 83.1. The van der Waals surface area contributed by atoms with E-state index in [0.29, 0.717) is 41.5 Å². The van der Waals surface area contributed by atoms with Gasteiger partial charge in [0.2, 0.25) is 0 Å². The molecule has 0 spiro atoms. The summed E-state index contributed by atoms with van der Waals surface area (Å²) in [4.78, 5) is 74.3. The molecule has 0 radical (unpaired) electrons. The largest absolute Gasteiger partial charge is 0.336 e. The van der Waals surface area contributed by atoms with Gasteiger partial charge in [-0.2, -0.15) is 0 Å². The maximum Gasteiger partial charge on any atom is 0.256 e. The fraction of sp³-hybridized carbons (Fsp3) is 0.276. The van der Waals surface area contributed by atoms with E-state index in [1.54, 1.807) is 104 Å². The predicted octanol–water partition coefficient (Wildman–Crippen LogP) is 17.0. The van der Waals surface area contributed by atoms with E-state index in [2.05, 4.69) is 0 Å². The van der Waals surface area contributed by atoms with Gasteiger partial charge in [-0.25, -0.2) is 50.9 Å². The monoisotopic (exact) mass is 1890 g/mol. The summed E-state index contributed by atoms with van der Waals surface area (Å²) >= 11 is 48.0. The lowest BCUT2D eigenvalue weighted by molar-refractivity contribution is 0.0745. The molecule has 0 aliphatic carbocycles. The molecule has 20 nitrogen and oxygen atoms in total. The van der Waals surface area contributed by atoms with E-state index in [4.69, 9.17) is 81.2 Å². The van der Waals surface area contributed by atoms with Crippen molar-refractivity contribution in [2.75, 3.05) is 94.2 Å². The number of carbonyl (C=O) groups excluding carboxylic acids is 5. The Bertz CT molecular complexity index is 5000. The predicted molar refractivity (Wildman–Crippen MR) is 456 cm³/mol. The number of rotatable bonds is 10. The van der Waals surface area contributed by atoms with Gasteiger partial charge in [-0.15, -0.1) is 56.7 Å². The lowest BCUT2D eigenvalue weighted by Crippen LogP contribution is -2.45. The zero-order valence-corrected chi connectivity index (χ0v) is 73.6. The molecule has 10 aromatic rings. The standard InChI is InChI=1S/C16H16ClNO3S2.2C15H13Cl2NO3S2.2C15H13ClFNO3S2/c1-11-9-12(17)4-5-13(11)16(19)18-6-8-23(20,21)15(10-18)14-3-2-7-22-14;4*16-10-3-4-11(12(17)8-10)15(19)18-5-7-23(20,21)14(9-18)13-2-1-6-22-13/h2-5,7,9,15H,6,8,10H2,1H3;4*1-4,6,8,14H,5,7,9H2/t15-;4*14-/m11010/s1. The normalized spacial score (nSPS) is 20.4. The van der Waals surface area contributed by atoms with Gasteiger partial charge >= 0.3 is 0 Å². The van der Waals surface area contributed by atoms with Crippen LogP contribution >= 0.6 is 138 Å². The molecule has 15 rings (SSSR count). The molecule has 5 amide bonds. The van der Waals surface area contributed by atoms with Gasteiger partial charge < -0.3 is 24.5 Å². The average Bonchev–Trinajstić information content (AvgIpc) is 1.78. The Morgan fingerprint density at radius 3 is 0.730 bits per heavy atom. The Labute approximate surface area is 719 Å². The van der Waals surface area contributed by atoms with E-state index in [-0.39, 0.29) is 143 Å². The topological polar surface area (TPSA) is 272 Å². The molecule has 5 aliphatic heterocycles. The summed E-state index contributed by atoms with van der Waals surface area (Å²) < 4.78 is 151. The number of sulfone groups is 5. The Morgan fingerprint density at radius 1 is 0.304 bits per heavy atom. The minimum absolute atomic E-state index is 0.00601. The van der Waals surface area contributed by atoms with Gasteiger partial charge in [-0.3, -0.25) is 24.0 Å². The highest BCUT2D eigenvalue weighted by molar-refractivity contribution is 7.93. The van der Waals surface area contributed by atoms with Crippen LogP contribution in [0.2, 0.25) is 35.2 Å². The van der Waals surface area contributed by atoms with Crippen molar-refractivity contribution < 1.29 is 74.8 Å². The van der Waals surface area contributed by atoms with Crippen molar-refractivity contribution >= 4 is 217 Å². The lowest BCUT2D eigenvalue weighted by atomic mass is 10.1. The van der Waals surface area contributed by atoms with Gasteiger partial charge in [0, 0.05) is 121 Å². The zero-order valence-electron chi connectivity index (χ0n) is 60.2. The summed E-state index contributed by atoms with van der Waals surface area (Å²) in [6, 6.07) is 40.0. The highest BCUT2D eigenvalue weighted by Crippen LogP contribution is 2.39. The van der Waals surface area contributed by atoms with Crippen LogP contribution in [0.4, 0.5) is 8.78 Å². The van der Waals surface area contributed by atoms with Crippen LogP contribution in [-0.4, -0.2) is 190 Å². The molecule has 0 unspecified atom stereocenters. The smallest absolute Gasteiger partial charge is 0.256 e. The molecule has 5 saturated heterocycles. The minimum atomic E-state index is -3.31. The number of benzene rings is 5. The third-order valence-electron chi connectivity index (χ3n) is 19.1. The molecular weight excluding hydrogens is 1830 g/mol. The molecule has 10 heterocycles. The first kappa shape index (κ1) is 89.4. The van der Waals surface area contributed by atoms with Crippen molar-refractivity contribution in [3.05, 3.63) is 283 Å². The van der Waals surface area contributed by atoms with Crippen LogP contribution in [0.5, 0.6) is 0 Å². The summed E-state index contributed by atoms with van der Waals surface area (Å²) in [5.74, 6) is -3.50. The maximum atomic E-state index is 13.9. The molecule has 0 saturated carbocycles. The number of aryl methyl sites for hydroxylation is 1. The van der Waals surface area contributed by atoms with Crippen LogP contribution in [0, 0.1) is 18.6 Å². The number of hydrogen-bond acceptors (Lipinski definition) is 20. The van der Waals surface area contributed by atoms with E-state index in [0.717, 1.165) is 32.3 Å². The first-order chi connectivity index (χ1) is 54.4. The van der Waals surface area contributed by atoms with E-state index in [1.165, 1.54) is 103 Å². The molecule has 115 heavy (non-hydrogen) atoms. The van der Waals surface area contributed by atoms with Gasteiger partial charge in [-0.1, -0.05) is 112 Å². The van der Waals surface area contributed by atoms with Crippen molar-refractivity contribution in [3.63, 3.8) is 0 Å². The molecule has 5 atom stereocenters. The Morgan fingerprint density at radius 2 is 0.513 bits per heavy atom. The molecule has 610 valence electrons. The first-order valence-corrected chi connectivity index (χ1v) is 50.3. The van der Waals surface area contributed by atoms with Gasteiger partial charge in [0.05, 0.1) is 61.1 Å². The lowest BCUT2D eigenvalue weighted by Gasteiger charge is -2.32. The second-order valence-electron chi connectivity index (χ2n) is 26.6. The molecule has 0 N–H and O–H groups in total. The van der Waals surface area contributed by atoms with Crippen LogP contribution in [0.1, 0.15) is 108 Å². The van der Waals surface area contributed by atoms with Crippen molar-refractivity contribution in [2.45, 2.75) is 33.2 Å². The van der Waals surface area contributed by atoms with Crippen LogP contribution in [0.25, 0.3) is 0 Å². The van der Waals surface area contributed by atoms with Crippen molar-refractivity contribution in [2.24, 2.45) is 0 Å². The van der Waals surface area contributed by atoms with Crippen LogP contribution < -0.4 is 0 Å². The number of nitrogens with zero attached hydrogens (tertiary/aromatic N) is 5. The molecule has 5 fully saturated rings. The Hall–Kier alpha value is -6.41. The second kappa shape index (κ2) is 38.3. The summed E-state index contributed by atoms with van der Waals surface area (Å²) in [5, 5.41) is 8.05. The molecule has 39 heteroatoms. The fourth-order valence-electron chi connectivity index (χ4n) is 12.9. The second-order valence-corrected chi connectivity index (χ2v) is 46.0. The Balaban J connectivity index is 0.000000142. The molecular formula is C76H68Cl7F2N5O15S10. The van der Waals surface area contributed by atoms with Crippen molar-refractivity contribution in [3.8, 4) is 0 Å². The third-order valence-corrected chi connectivity index (χ3v) is 36.7. The number of halogens is 9. The van der Waals surface area contributed by atoms with E-state index >= 15 is 0 Å². The fourth-order valence-corrected chi connectivity index (χ4v) is 29.0. The molecule has 0 bridgehead atoms. The number of thiophene rings is 5. The van der Waals surface area contributed by atoms with Gasteiger partial charge in [0.1, 0.15) is 37.9 Å². The Kier molecular flexibility index (Phi) is 29.8. The summed E-state index contributed by atoms with van der Waals surface area (Å²) in [6.45, 7) is 3.06. The minimum Gasteiger partial charge on any atom is -0.336 e. The number of amides is 5. The van der Waals surface area contributed by atoms with Crippen LogP contribution in [0.15, 0.2) is 179 Å². The third kappa shape index (κ3) is 22.0. The average molecular weight is 1900 g/mol. The van der Waals surface area contributed by atoms with Crippen molar-refractivity contribution in [1.29, 1.82) is 0 Å². The highest BCUT2D eigenvalue weighted by atomic mass is 35.5. The quantitative estimate of drug-likeness (QED) is 0.123. The summed E-state index contributed by atoms with van der Waals surface area (Å²) in [6.07, 6.45) is 0. The van der Waals surface area contributed by atoms with E-state index < -0.39 is 98.9 Å². The number of hydrogen-bond donors (Lipinski definition) is 0. The SMILES string of the molecule is Cc1cc(Cl)ccc1C(=O)N1CCS(=O)(=O)[C@@H](c2cccs2)C1.O=C(c1ccc(Cl)cc1Cl)N1CCS(=O)(=O)[C@@H](c2cccs2)C1.O=C(c1ccc(Cl)cc1Cl)N1CCS(=O)(=O)[C@H](c2cccs2)C1.O=C(c1ccc(Cl)cc1F)N1CCS(=O)(=O)[C@@H](c2cccs2)C1.O=C(c1ccc(Cl)cc1F)N1CCS(=O)(=O)[C@H](c2cccs2)C1. The van der Waals surface area contributed by atoms with Crippen LogP contribution in [-0.2, 0) is 49.2 Å². The van der Waals surface area contributed by atoms with Crippen molar-refractivity contribution in [1.82, 2.24) is 24.5 Å². The highest BCUT2D eigenvalue weighted by Gasteiger charge is 2.43. The number of carbonyl (C=O) groups is 5. The molecule has 5 aromatic heterocycles. The first-order valence-electron chi connectivity index (χ1n) is 34.7. The summed E-state index contributed by atoms with van der Waals surface area (Å²) in [7, 11) is -16.3. The van der Waals surface area contributed by atoms with Crippen LogP contribution in [0.3, 0.4) is 0 Å². The van der Waals surface area contributed by atoms with Gasteiger partial charge in [0.15, 0.2) is 49.2 Å². The van der Waals surface area contributed by atoms with E-state index in [1.807, 2.05) is 47.3 Å². The van der Waals surface area contributed by atoms with Gasteiger partial charge in [-0.05, 0) is 161 Å². The molecule has 5 aliphatic rings.